The largest absolute Gasteiger partial charge is 0.323 e. The fourth-order valence-corrected chi connectivity index (χ4v) is 4.16. The van der Waals surface area contributed by atoms with E-state index in [9.17, 15) is 27.6 Å². The zero-order valence-corrected chi connectivity index (χ0v) is 19.5. The summed E-state index contributed by atoms with van der Waals surface area (Å²) in [6.45, 7) is -0.802. The molecule has 3 aromatic rings. The second kappa shape index (κ2) is 10.9. The van der Waals surface area contributed by atoms with Crippen LogP contribution >= 0.6 is 11.6 Å². The average molecular weight is 520 g/mol. The second-order valence-corrected chi connectivity index (χ2v) is 8.67. The molecule has 3 heterocycles. The van der Waals surface area contributed by atoms with Gasteiger partial charge in [-0.2, -0.15) is 0 Å². The molecule has 2 atom stereocenters. The maximum Gasteiger partial charge on any atom is 0.255 e. The summed E-state index contributed by atoms with van der Waals surface area (Å²) in [6.07, 6.45) is 0.152. The van der Waals surface area contributed by atoms with E-state index in [-0.39, 0.29) is 35.8 Å². The molecule has 2 N–H and O–H groups in total. The number of alkyl halides is 2. The Morgan fingerprint density at radius 1 is 1.06 bits per heavy atom. The van der Waals surface area contributed by atoms with Gasteiger partial charge < -0.3 is 10.6 Å². The first-order valence-electron chi connectivity index (χ1n) is 10.9. The summed E-state index contributed by atoms with van der Waals surface area (Å²) in [7, 11) is 0. The molecule has 1 aliphatic rings. The maximum atomic E-state index is 14.8. The third kappa shape index (κ3) is 5.92. The molecule has 8 nitrogen and oxygen atoms in total. The van der Waals surface area contributed by atoms with Crippen molar-refractivity contribution in [1.82, 2.24) is 14.5 Å². The molecule has 0 bridgehead atoms. The van der Waals surface area contributed by atoms with Crippen molar-refractivity contribution in [2.75, 3.05) is 30.3 Å². The normalized spacial score (nSPS) is 17.8. The van der Waals surface area contributed by atoms with Crippen molar-refractivity contribution in [2.45, 2.75) is 6.43 Å². The highest BCUT2D eigenvalue weighted by atomic mass is 35.5. The lowest BCUT2D eigenvalue weighted by atomic mass is 9.94. The quantitative estimate of drug-likeness (QED) is 0.499. The van der Waals surface area contributed by atoms with Gasteiger partial charge in [-0.3, -0.25) is 23.9 Å². The van der Waals surface area contributed by atoms with E-state index in [0.717, 1.165) is 6.07 Å². The van der Waals surface area contributed by atoms with Crippen LogP contribution in [-0.2, 0) is 9.59 Å². The topological polar surface area (TPSA) is 96.3 Å². The number of amides is 2. The van der Waals surface area contributed by atoms with Gasteiger partial charge in [-0.25, -0.2) is 18.2 Å². The molecule has 188 valence electrons. The number of pyridine rings is 2. The molecule has 2 aromatic heterocycles. The molecule has 0 saturated carbocycles. The first kappa shape index (κ1) is 25.4. The summed E-state index contributed by atoms with van der Waals surface area (Å²) in [6, 6.07) is 11.3. The summed E-state index contributed by atoms with van der Waals surface area (Å²) in [5.74, 6) is -3.89. The fourth-order valence-electron chi connectivity index (χ4n) is 4.05. The Bertz CT molecular complexity index is 1320. The van der Waals surface area contributed by atoms with Crippen molar-refractivity contribution < 1.29 is 22.8 Å². The minimum atomic E-state index is -2.65. The minimum absolute atomic E-state index is 0.0831. The fraction of sp³-hybridized carbons (Fsp3) is 0.250. The average Bonchev–Trinajstić information content (AvgIpc) is 3.25. The number of rotatable bonds is 7. The van der Waals surface area contributed by atoms with E-state index in [1.165, 1.54) is 52.2 Å². The Balaban J connectivity index is 1.52. The highest BCUT2D eigenvalue weighted by molar-refractivity contribution is 6.30. The molecule has 1 fully saturated rings. The highest BCUT2D eigenvalue weighted by Crippen LogP contribution is 2.28. The lowest BCUT2D eigenvalue weighted by Crippen LogP contribution is -2.36. The number of nitrogens with one attached hydrogen (secondary N) is 2. The molecule has 0 spiro atoms. The predicted octanol–water partition coefficient (Wildman–Crippen LogP) is 3.42. The Morgan fingerprint density at radius 3 is 2.39 bits per heavy atom. The molecule has 1 saturated heterocycles. The van der Waals surface area contributed by atoms with Crippen molar-refractivity contribution in [2.24, 2.45) is 11.8 Å². The number of carbonyl (C=O) groups is 2. The maximum absolute atomic E-state index is 14.8. The molecule has 12 heteroatoms. The molecule has 36 heavy (non-hydrogen) atoms. The van der Waals surface area contributed by atoms with Gasteiger partial charge in [0.25, 0.3) is 12.0 Å². The van der Waals surface area contributed by atoms with Crippen LogP contribution in [0, 0.1) is 17.7 Å². The molecular formula is C24H21ClF3N5O3. The SMILES string of the molecule is O=C(Nc1ccc(-n2ccccc2=O)cc1F)[C@H]1CN(CC(F)F)C[C@H]1C(=O)Nc1ccc(Cl)cn1. The van der Waals surface area contributed by atoms with Crippen LogP contribution < -0.4 is 16.2 Å². The van der Waals surface area contributed by atoms with Crippen molar-refractivity contribution in [3.63, 3.8) is 0 Å². The van der Waals surface area contributed by atoms with Crippen molar-refractivity contribution in [3.8, 4) is 5.69 Å². The summed E-state index contributed by atoms with van der Waals surface area (Å²) in [4.78, 5) is 43.2. The molecular weight excluding hydrogens is 499 g/mol. The zero-order chi connectivity index (χ0) is 25.8. The van der Waals surface area contributed by atoms with Gasteiger partial charge in [0.15, 0.2) is 0 Å². The predicted molar refractivity (Wildman–Crippen MR) is 128 cm³/mol. The van der Waals surface area contributed by atoms with Crippen molar-refractivity contribution >= 4 is 34.9 Å². The summed E-state index contributed by atoms with van der Waals surface area (Å²) < 4.78 is 42.0. The van der Waals surface area contributed by atoms with E-state index in [1.54, 1.807) is 12.1 Å². The number of likely N-dealkylation sites (tertiary alicyclic amines) is 1. The summed E-state index contributed by atoms with van der Waals surface area (Å²) in [5.41, 5.74) is -0.269. The Hall–Kier alpha value is -3.70. The number of nitrogens with zero attached hydrogens (tertiary/aromatic N) is 3. The number of hydrogen-bond donors (Lipinski definition) is 2. The number of carbonyl (C=O) groups excluding carboxylic acids is 2. The van der Waals surface area contributed by atoms with E-state index >= 15 is 0 Å². The van der Waals surface area contributed by atoms with Crippen LogP contribution in [0.15, 0.2) is 65.7 Å². The van der Waals surface area contributed by atoms with Gasteiger partial charge in [0, 0.05) is 37.6 Å². The summed E-state index contributed by atoms with van der Waals surface area (Å²) >= 11 is 5.80. The van der Waals surface area contributed by atoms with Crippen LogP contribution in [0.1, 0.15) is 0 Å². The molecule has 1 aliphatic heterocycles. The van der Waals surface area contributed by atoms with E-state index in [2.05, 4.69) is 15.6 Å². The van der Waals surface area contributed by atoms with E-state index in [1.807, 2.05) is 0 Å². The Morgan fingerprint density at radius 2 is 1.78 bits per heavy atom. The van der Waals surface area contributed by atoms with Gasteiger partial charge >= 0.3 is 0 Å². The number of benzene rings is 1. The number of aromatic nitrogens is 2. The van der Waals surface area contributed by atoms with Crippen LogP contribution in [-0.4, -0.2) is 52.3 Å². The lowest BCUT2D eigenvalue weighted by molar-refractivity contribution is -0.127. The molecule has 1 aromatic carbocycles. The molecule has 0 unspecified atom stereocenters. The van der Waals surface area contributed by atoms with Crippen LogP contribution in [0.2, 0.25) is 5.02 Å². The third-order valence-electron chi connectivity index (χ3n) is 5.76. The van der Waals surface area contributed by atoms with Crippen LogP contribution in [0.3, 0.4) is 0 Å². The number of halogens is 4. The van der Waals surface area contributed by atoms with Gasteiger partial charge in [-0.15, -0.1) is 0 Å². The van der Waals surface area contributed by atoms with E-state index in [0.29, 0.717) is 5.02 Å². The first-order valence-corrected chi connectivity index (χ1v) is 11.3. The van der Waals surface area contributed by atoms with Crippen LogP contribution in [0.4, 0.5) is 24.7 Å². The van der Waals surface area contributed by atoms with Crippen LogP contribution in [0.5, 0.6) is 0 Å². The second-order valence-electron chi connectivity index (χ2n) is 8.24. The van der Waals surface area contributed by atoms with Gasteiger partial charge in [0.05, 0.1) is 34.8 Å². The van der Waals surface area contributed by atoms with Crippen LogP contribution in [0.25, 0.3) is 5.69 Å². The Labute approximate surface area is 208 Å². The van der Waals surface area contributed by atoms with Gasteiger partial charge in [0.1, 0.15) is 11.6 Å². The first-order chi connectivity index (χ1) is 17.2. The highest BCUT2D eigenvalue weighted by Gasteiger charge is 2.42. The van der Waals surface area contributed by atoms with Gasteiger partial charge in [0.2, 0.25) is 11.8 Å². The standard InChI is InChI=1S/C24H21ClF3N5O3/c25-14-4-7-21(29-10-14)31-24(36)17-12-32(13-20(27)28)11-16(17)23(35)30-19-6-5-15(9-18(19)26)33-8-2-1-3-22(33)34/h1-10,16-17,20H,11-13H2,(H,30,35)(H,29,31,36)/t16-,17+/m0/s1. The minimum Gasteiger partial charge on any atom is -0.323 e. The van der Waals surface area contributed by atoms with Crippen molar-refractivity contribution in [3.05, 3.63) is 82.1 Å². The zero-order valence-electron chi connectivity index (χ0n) is 18.7. The summed E-state index contributed by atoms with van der Waals surface area (Å²) in [5, 5.41) is 5.37. The third-order valence-corrected chi connectivity index (χ3v) is 5.98. The molecule has 2 amide bonds. The number of anilines is 2. The molecule has 4 rings (SSSR count). The lowest BCUT2D eigenvalue weighted by Gasteiger charge is -2.18. The monoisotopic (exact) mass is 519 g/mol. The molecule has 0 radical (unpaired) electrons. The van der Waals surface area contributed by atoms with E-state index < -0.39 is 42.4 Å². The van der Waals surface area contributed by atoms with Gasteiger partial charge in [-0.1, -0.05) is 17.7 Å². The smallest absolute Gasteiger partial charge is 0.255 e. The Kier molecular flexibility index (Phi) is 7.70. The molecule has 0 aliphatic carbocycles. The van der Waals surface area contributed by atoms with Gasteiger partial charge in [-0.05, 0) is 30.3 Å². The van der Waals surface area contributed by atoms with Crippen molar-refractivity contribution in [1.29, 1.82) is 0 Å². The number of hydrogen-bond acceptors (Lipinski definition) is 5. The van der Waals surface area contributed by atoms with E-state index in [4.69, 9.17) is 11.6 Å².